The van der Waals surface area contributed by atoms with Gasteiger partial charge in [-0.3, -0.25) is 4.79 Å². The zero-order valence-electron chi connectivity index (χ0n) is 12.4. The van der Waals surface area contributed by atoms with E-state index in [0.717, 1.165) is 51.6 Å². The van der Waals surface area contributed by atoms with Crippen molar-refractivity contribution in [2.24, 2.45) is 5.92 Å². The van der Waals surface area contributed by atoms with Crippen molar-refractivity contribution in [3.05, 3.63) is 18.5 Å². The van der Waals surface area contributed by atoms with E-state index in [9.17, 15) is 4.79 Å². The minimum atomic E-state index is 0.0262. The lowest BCUT2D eigenvalue weighted by atomic mass is 9.93. The van der Waals surface area contributed by atoms with E-state index < -0.39 is 0 Å². The molecule has 6 heteroatoms. The van der Waals surface area contributed by atoms with Crippen molar-refractivity contribution in [2.45, 2.75) is 25.9 Å². The van der Waals surface area contributed by atoms with Gasteiger partial charge in [0.25, 0.3) is 0 Å². The molecule has 0 aliphatic carbocycles. The predicted molar refractivity (Wildman–Crippen MR) is 79.0 cm³/mol. The summed E-state index contributed by atoms with van der Waals surface area (Å²) in [6.07, 6.45) is 5.48. The molecule has 2 saturated heterocycles. The number of piperazine rings is 1. The molecule has 114 valence electrons. The average Bonchev–Trinajstić information content (AvgIpc) is 2.56. The molecule has 0 bridgehead atoms. The third-order valence-electron chi connectivity index (χ3n) is 4.35. The van der Waals surface area contributed by atoms with E-state index >= 15 is 0 Å². The van der Waals surface area contributed by atoms with Crippen LogP contribution in [0.2, 0.25) is 0 Å². The van der Waals surface area contributed by atoms with Crippen LogP contribution >= 0.6 is 0 Å². The average molecular weight is 290 g/mol. The van der Waals surface area contributed by atoms with Gasteiger partial charge in [-0.25, -0.2) is 9.97 Å². The monoisotopic (exact) mass is 290 g/mol. The van der Waals surface area contributed by atoms with Gasteiger partial charge in [-0.15, -0.1) is 0 Å². The van der Waals surface area contributed by atoms with Crippen molar-refractivity contribution in [1.82, 2.24) is 14.9 Å². The minimum absolute atomic E-state index is 0.0262. The summed E-state index contributed by atoms with van der Waals surface area (Å²) in [5, 5.41) is 0. The highest BCUT2D eigenvalue weighted by Crippen LogP contribution is 2.23. The van der Waals surface area contributed by atoms with Gasteiger partial charge in [0, 0.05) is 45.2 Å². The summed E-state index contributed by atoms with van der Waals surface area (Å²) in [6, 6.07) is 1.81. The fraction of sp³-hybridized carbons (Fsp3) is 0.667. The number of ether oxygens (including phenoxy) is 1. The molecule has 1 aromatic rings. The number of hydrogen-bond acceptors (Lipinski definition) is 5. The lowest BCUT2D eigenvalue weighted by molar-refractivity contribution is -0.144. The maximum Gasteiger partial charge on any atom is 0.228 e. The second-order valence-electron chi connectivity index (χ2n) is 5.69. The Bertz CT molecular complexity index is 474. The first-order valence-corrected chi connectivity index (χ1v) is 7.68. The second kappa shape index (κ2) is 6.39. The quantitative estimate of drug-likeness (QED) is 0.811. The molecule has 2 aliphatic heterocycles. The number of amides is 1. The summed E-state index contributed by atoms with van der Waals surface area (Å²) in [5.74, 6) is 1.02. The Kier molecular flexibility index (Phi) is 4.34. The third kappa shape index (κ3) is 3.15. The molecule has 0 radical (unpaired) electrons. The van der Waals surface area contributed by atoms with Crippen LogP contribution < -0.4 is 4.90 Å². The number of anilines is 1. The molecule has 0 N–H and O–H groups in total. The molecule has 3 rings (SSSR count). The molecule has 2 atom stereocenters. The topological polar surface area (TPSA) is 58.6 Å². The molecule has 0 saturated carbocycles. The maximum atomic E-state index is 12.6. The molecule has 2 aliphatic rings. The van der Waals surface area contributed by atoms with Gasteiger partial charge >= 0.3 is 0 Å². The summed E-state index contributed by atoms with van der Waals surface area (Å²) >= 11 is 0. The van der Waals surface area contributed by atoms with Crippen LogP contribution in [0.5, 0.6) is 0 Å². The van der Waals surface area contributed by atoms with Crippen molar-refractivity contribution in [2.75, 3.05) is 37.7 Å². The van der Waals surface area contributed by atoms with E-state index in [0.29, 0.717) is 0 Å². The van der Waals surface area contributed by atoms with Crippen molar-refractivity contribution in [1.29, 1.82) is 0 Å². The lowest BCUT2D eigenvalue weighted by Crippen LogP contribution is -2.52. The first kappa shape index (κ1) is 14.3. The number of carbonyl (C=O) groups excluding carboxylic acids is 1. The summed E-state index contributed by atoms with van der Waals surface area (Å²) in [4.78, 5) is 25.2. The second-order valence-corrected chi connectivity index (χ2v) is 5.69. The molecular weight excluding hydrogens is 268 g/mol. The molecule has 1 amide bonds. The first-order valence-electron chi connectivity index (χ1n) is 7.68. The maximum absolute atomic E-state index is 12.6. The Morgan fingerprint density at radius 1 is 1.24 bits per heavy atom. The first-order chi connectivity index (χ1) is 10.3. The summed E-state index contributed by atoms with van der Waals surface area (Å²) in [5.41, 5.74) is 0. The van der Waals surface area contributed by atoms with Crippen LogP contribution in [0.25, 0.3) is 0 Å². The number of aromatic nitrogens is 2. The molecule has 6 nitrogen and oxygen atoms in total. The fourth-order valence-electron chi connectivity index (χ4n) is 3.06. The fourth-order valence-corrected chi connectivity index (χ4v) is 3.06. The van der Waals surface area contributed by atoms with Crippen LogP contribution in [0, 0.1) is 5.92 Å². The Balaban J connectivity index is 1.57. The third-order valence-corrected chi connectivity index (χ3v) is 4.35. The van der Waals surface area contributed by atoms with E-state index in [1.165, 1.54) is 0 Å². The number of rotatable bonds is 2. The molecule has 0 spiro atoms. The number of carbonyl (C=O) groups is 1. The van der Waals surface area contributed by atoms with Crippen molar-refractivity contribution >= 4 is 11.9 Å². The van der Waals surface area contributed by atoms with Gasteiger partial charge in [-0.05, 0) is 25.8 Å². The van der Waals surface area contributed by atoms with Crippen molar-refractivity contribution < 1.29 is 9.53 Å². The normalized spacial score (nSPS) is 26.7. The zero-order chi connectivity index (χ0) is 14.7. The lowest BCUT2D eigenvalue weighted by Gasteiger charge is -2.38. The van der Waals surface area contributed by atoms with E-state index in [-0.39, 0.29) is 17.9 Å². The molecule has 3 heterocycles. The van der Waals surface area contributed by atoms with E-state index in [2.05, 4.69) is 14.9 Å². The van der Waals surface area contributed by atoms with Gasteiger partial charge in [-0.1, -0.05) is 0 Å². The van der Waals surface area contributed by atoms with Crippen LogP contribution in [0.3, 0.4) is 0 Å². The molecular formula is C15H22N4O2. The van der Waals surface area contributed by atoms with Crippen LogP contribution in [0.15, 0.2) is 18.5 Å². The van der Waals surface area contributed by atoms with Crippen molar-refractivity contribution in [3.8, 4) is 0 Å². The van der Waals surface area contributed by atoms with Crippen molar-refractivity contribution in [3.63, 3.8) is 0 Å². The molecule has 1 aromatic heterocycles. The molecule has 0 aromatic carbocycles. The van der Waals surface area contributed by atoms with Gasteiger partial charge < -0.3 is 14.5 Å². The largest absolute Gasteiger partial charge is 0.378 e. The summed E-state index contributed by atoms with van der Waals surface area (Å²) in [7, 11) is 0. The van der Waals surface area contributed by atoms with Gasteiger partial charge in [0.15, 0.2) is 0 Å². The smallest absolute Gasteiger partial charge is 0.228 e. The summed E-state index contributed by atoms with van der Waals surface area (Å²) < 4.78 is 5.61. The summed E-state index contributed by atoms with van der Waals surface area (Å²) in [6.45, 7) is 5.84. The van der Waals surface area contributed by atoms with Gasteiger partial charge in [0.05, 0.1) is 12.0 Å². The van der Waals surface area contributed by atoms with Gasteiger partial charge in [0.1, 0.15) is 0 Å². The Hall–Kier alpha value is -1.69. The Morgan fingerprint density at radius 3 is 2.62 bits per heavy atom. The van der Waals surface area contributed by atoms with Gasteiger partial charge in [-0.2, -0.15) is 0 Å². The van der Waals surface area contributed by atoms with Crippen LogP contribution in [0.1, 0.15) is 19.8 Å². The predicted octanol–water partition coefficient (Wildman–Crippen LogP) is 0.940. The Morgan fingerprint density at radius 2 is 1.95 bits per heavy atom. The number of hydrogen-bond donors (Lipinski definition) is 0. The van der Waals surface area contributed by atoms with Gasteiger partial charge in [0.2, 0.25) is 11.9 Å². The highest BCUT2D eigenvalue weighted by molar-refractivity contribution is 5.79. The van der Waals surface area contributed by atoms with E-state index in [1.807, 2.05) is 17.9 Å². The molecule has 2 fully saturated rings. The SMILES string of the molecule is C[C@@H]1OCCC[C@@H]1C(=O)N1CCN(c2ncccn2)CC1. The number of nitrogens with zero attached hydrogens (tertiary/aromatic N) is 4. The van der Waals surface area contributed by atoms with E-state index in [1.54, 1.807) is 12.4 Å². The van der Waals surface area contributed by atoms with Crippen LogP contribution in [0.4, 0.5) is 5.95 Å². The standard InChI is InChI=1S/C15H22N4O2/c1-12-13(4-2-11-21-12)14(20)18-7-9-19(10-8-18)15-16-5-3-6-17-15/h3,5-6,12-13H,2,4,7-11H2,1H3/t12-,13-/m0/s1. The van der Waals surface area contributed by atoms with Crippen LogP contribution in [-0.4, -0.2) is 59.7 Å². The molecule has 0 unspecified atom stereocenters. The zero-order valence-corrected chi connectivity index (χ0v) is 12.4. The molecule has 21 heavy (non-hydrogen) atoms. The van der Waals surface area contributed by atoms with E-state index in [4.69, 9.17) is 4.74 Å². The van der Waals surface area contributed by atoms with Crippen LogP contribution in [-0.2, 0) is 9.53 Å². The minimum Gasteiger partial charge on any atom is -0.378 e. The highest BCUT2D eigenvalue weighted by atomic mass is 16.5. The Labute approximate surface area is 125 Å². The highest BCUT2D eigenvalue weighted by Gasteiger charge is 2.33.